The average Bonchev–Trinajstić information content (AvgIpc) is 2.44. The third-order valence-corrected chi connectivity index (χ3v) is 3.25. The Morgan fingerprint density at radius 3 is 2.76 bits per heavy atom. The predicted octanol–water partition coefficient (Wildman–Crippen LogP) is -0.791. The summed E-state index contributed by atoms with van der Waals surface area (Å²) in [5, 5.41) is 13.4. The van der Waals surface area contributed by atoms with E-state index in [1.807, 2.05) is 0 Å². The summed E-state index contributed by atoms with van der Waals surface area (Å²) in [5.41, 5.74) is 0.158. The van der Waals surface area contributed by atoms with E-state index < -0.39 is 16.0 Å². The second-order valence-electron chi connectivity index (χ2n) is 3.75. The molecule has 0 atom stereocenters. The number of nitrogens with two attached hydrogens (primary N) is 1. The minimum absolute atomic E-state index is 0.0844. The molecule has 0 bridgehead atoms. The Morgan fingerprint density at radius 1 is 1.43 bits per heavy atom. The summed E-state index contributed by atoms with van der Waals surface area (Å²) in [7, 11) is 1.47. The quantitative estimate of drug-likeness (QED) is 0.284. The number of H-pyrrole nitrogens is 1. The molecule has 2 heterocycles. The minimum Gasteiger partial charge on any atom is -0.308 e. The zero-order valence-corrected chi connectivity index (χ0v) is 11.4. The maximum atomic E-state index is 11.2. The SMILES string of the molecule is Cn1[nH]c(=O)c(=O)nc1Sc1cc([N+](=O)[O-])cc(NN)n1. The Labute approximate surface area is 120 Å². The molecule has 0 aromatic carbocycles. The molecule has 12 heteroatoms. The number of nitro groups is 1. The Hall–Kier alpha value is -2.73. The lowest BCUT2D eigenvalue weighted by Gasteiger charge is -2.06. The van der Waals surface area contributed by atoms with Gasteiger partial charge in [0, 0.05) is 13.1 Å². The molecule has 2 aromatic heterocycles. The number of aromatic nitrogens is 4. The first kappa shape index (κ1) is 14.7. The van der Waals surface area contributed by atoms with Gasteiger partial charge in [-0.3, -0.25) is 29.5 Å². The molecule has 4 N–H and O–H groups in total. The first-order valence-electron chi connectivity index (χ1n) is 5.39. The second kappa shape index (κ2) is 5.72. The van der Waals surface area contributed by atoms with E-state index in [1.54, 1.807) is 0 Å². The van der Waals surface area contributed by atoms with E-state index in [0.29, 0.717) is 0 Å². The highest BCUT2D eigenvalue weighted by Crippen LogP contribution is 2.27. The molecule has 2 aromatic rings. The molecule has 11 nitrogen and oxygen atoms in total. The lowest BCUT2D eigenvalue weighted by atomic mass is 10.4. The summed E-state index contributed by atoms with van der Waals surface area (Å²) >= 11 is 0.869. The van der Waals surface area contributed by atoms with Crippen LogP contribution in [0.3, 0.4) is 0 Å². The van der Waals surface area contributed by atoms with Gasteiger partial charge in [0.25, 0.3) is 5.69 Å². The van der Waals surface area contributed by atoms with Gasteiger partial charge in [-0.15, -0.1) is 0 Å². The van der Waals surface area contributed by atoms with Crippen LogP contribution in [-0.2, 0) is 7.05 Å². The maximum absolute atomic E-state index is 11.2. The molecule has 0 aliphatic rings. The summed E-state index contributed by atoms with van der Waals surface area (Å²) in [6, 6.07) is 2.35. The molecule has 0 aliphatic heterocycles. The van der Waals surface area contributed by atoms with Gasteiger partial charge in [-0.25, -0.2) is 10.8 Å². The topological polar surface area (TPSA) is 162 Å². The number of aryl methyl sites for hydroxylation is 1. The number of pyridine rings is 1. The Balaban J connectivity index is 2.46. The van der Waals surface area contributed by atoms with Crippen molar-refractivity contribution in [3.05, 3.63) is 43.0 Å². The van der Waals surface area contributed by atoms with Crippen LogP contribution in [0.2, 0.25) is 0 Å². The number of nitrogens with zero attached hydrogens (tertiary/aromatic N) is 4. The van der Waals surface area contributed by atoms with Crippen molar-refractivity contribution in [2.75, 3.05) is 5.43 Å². The van der Waals surface area contributed by atoms with Crippen molar-refractivity contribution in [1.29, 1.82) is 0 Å². The minimum atomic E-state index is -0.960. The van der Waals surface area contributed by atoms with Crippen LogP contribution >= 0.6 is 11.8 Å². The van der Waals surface area contributed by atoms with Gasteiger partial charge in [0.15, 0.2) is 5.16 Å². The molecule has 0 saturated carbocycles. The molecule has 0 spiro atoms. The van der Waals surface area contributed by atoms with Gasteiger partial charge in [-0.1, -0.05) is 0 Å². The molecule has 0 amide bonds. The van der Waals surface area contributed by atoms with Crippen molar-refractivity contribution in [1.82, 2.24) is 19.7 Å². The second-order valence-corrected chi connectivity index (χ2v) is 4.74. The maximum Gasteiger partial charge on any atom is 0.339 e. The highest BCUT2D eigenvalue weighted by molar-refractivity contribution is 7.99. The van der Waals surface area contributed by atoms with Crippen LogP contribution in [0.25, 0.3) is 0 Å². The first-order chi connectivity index (χ1) is 9.90. The summed E-state index contributed by atoms with van der Waals surface area (Å²) in [4.78, 5) is 40.1. The van der Waals surface area contributed by atoms with E-state index in [9.17, 15) is 19.7 Å². The van der Waals surface area contributed by atoms with Crippen molar-refractivity contribution in [2.45, 2.75) is 10.2 Å². The van der Waals surface area contributed by atoms with Gasteiger partial charge in [0.05, 0.1) is 11.0 Å². The number of nitrogens with one attached hydrogen (secondary N) is 2. The summed E-state index contributed by atoms with van der Waals surface area (Å²) in [5.74, 6) is 5.28. The smallest absolute Gasteiger partial charge is 0.308 e. The number of hydrazine groups is 1. The highest BCUT2D eigenvalue weighted by Gasteiger charge is 2.14. The molecular weight excluding hydrogens is 302 g/mol. The molecule has 110 valence electrons. The van der Waals surface area contributed by atoms with Gasteiger partial charge in [0.1, 0.15) is 10.8 Å². The normalized spacial score (nSPS) is 10.4. The molecule has 2 rings (SSSR count). The number of rotatable bonds is 4. The molecule has 0 radical (unpaired) electrons. The highest BCUT2D eigenvalue weighted by atomic mass is 32.2. The monoisotopic (exact) mass is 311 g/mol. The molecular formula is C9H9N7O4S. The third-order valence-electron chi connectivity index (χ3n) is 2.29. The van der Waals surface area contributed by atoms with Crippen LogP contribution in [0.4, 0.5) is 11.5 Å². The largest absolute Gasteiger partial charge is 0.339 e. The predicted molar refractivity (Wildman–Crippen MR) is 72.9 cm³/mol. The summed E-state index contributed by atoms with van der Waals surface area (Å²) in [6.07, 6.45) is 0. The zero-order chi connectivity index (χ0) is 15.6. The van der Waals surface area contributed by atoms with Gasteiger partial charge in [0.2, 0.25) is 0 Å². The Kier molecular flexibility index (Phi) is 4.00. The number of hydrogen-bond acceptors (Lipinski definition) is 9. The van der Waals surface area contributed by atoms with E-state index >= 15 is 0 Å². The lowest BCUT2D eigenvalue weighted by molar-refractivity contribution is -0.385. The van der Waals surface area contributed by atoms with E-state index in [0.717, 1.165) is 17.8 Å². The molecule has 0 fully saturated rings. The van der Waals surface area contributed by atoms with Gasteiger partial charge < -0.3 is 5.43 Å². The van der Waals surface area contributed by atoms with E-state index in [1.165, 1.54) is 17.8 Å². The third kappa shape index (κ3) is 3.24. The molecule has 0 aliphatic carbocycles. The first-order valence-corrected chi connectivity index (χ1v) is 6.20. The van der Waals surface area contributed by atoms with Crippen molar-refractivity contribution in [3.63, 3.8) is 0 Å². The molecule has 21 heavy (non-hydrogen) atoms. The van der Waals surface area contributed by atoms with E-state index in [2.05, 4.69) is 20.5 Å². The van der Waals surface area contributed by atoms with Crippen LogP contribution in [-0.4, -0.2) is 24.7 Å². The van der Waals surface area contributed by atoms with E-state index in [4.69, 9.17) is 5.84 Å². The fourth-order valence-electron chi connectivity index (χ4n) is 1.37. The van der Waals surface area contributed by atoms with Crippen molar-refractivity contribution < 1.29 is 4.92 Å². The standard InChI is InChI=1S/C9H9N7O4S/c1-15-9(12-7(17)8(18)14-15)21-6-3-4(16(19)20)2-5(11-6)13-10/h2-3H,10H2,1H3,(H,11,13)(H,14,18). The van der Waals surface area contributed by atoms with E-state index in [-0.39, 0.29) is 21.7 Å². The molecule has 0 unspecified atom stereocenters. The number of nitrogen functional groups attached to an aromatic ring is 1. The Morgan fingerprint density at radius 2 is 2.14 bits per heavy atom. The Bertz CT molecular complexity index is 814. The van der Waals surface area contributed by atoms with Crippen LogP contribution in [0.1, 0.15) is 0 Å². The van der Waals surface area contributed by atoms with Crippen LogP contribution in [0, 0.1) is 10.1 Å². The van der Waals surface area contributed by atoms with Crippen LogP contribution in [0.5, 0.6) is 0 Å². The van der Waals surface area contributed by atoms with Crippen molar-refractivity contribution >= 4 is 23.3 Å². The summed E-state index contributed by atoms with van der Waals surface area (Å²) < 4.78 is 1.21. The lowest BCUT2D eigenvalue weighted by Crippen LogP contribution is -2.33. The van der Waals surface area contributed by atoms with Crippen LogP contribution < -0.4 is 22.4 Å². The zero-order valence-electron chi connectivity index (χ0n) is 10.6. The number of anilines is 1. The fraction of sp³-hybridized carbons (Fsp3) is 0.111. The van der Waals surface area contributed by atoms with Gasteiger partial charge in [-0.05, 0) is 11.8 Å². The fourth-order valence-corrected chi connectivity index (χ4v) is 2.19. The van der Waals surface area contributed by atoms with Gasteiger partial charge in [-0.2, -0.15) is 4.98 Å². The molecule has 0 saturated heterocycles. The summed E-state index contributed by atoms with van der Waals surface area (Å²) in [6.45, 7) is 0. The van der Waals surface area contributed by atoms with Crippen LogP contribution in [0.15, 0.2) is 31.9 Å². The van der Waals surface area contributed by atoms with Crippen molar-refractivity contribution in [3.8, 4) is 0 Å². The van der Waals surface area contributed by atoms with Crippen molar-refractivity contribution in [2.24, 2.45) is 12.9 Å². The average molecular weight is 311 g/mol. The number of hydrogen-bond donors (Lipinski definition) is 3. The number of aromatic amines is 1. The van der Waals surface area contributed by atoms with Gasteiger partial charge >= 0.3 is 11.1 Å².